The summed E-state index contributed by atoms with van der Waals surface area (Å²) in [5.41, 5.74) is 5.68. The fraction of sp³-hybridized carbons (Fsp3) is 0.500. The zero-order valence-corrected chi connectivity index (χ0v) is 14.2. The van der Waals surface area contributed by atoms with E-state index in [9.17, 15) is 18.9 Å². The third-order valence-corrected chi connectivity index (χ3v) is 5.41. The van der Waals surface area contributed by atoms with Gasteiger partial charge in [-0.15, -0.1) is 0 Å². The minimum Gasteiger partial charge on any atom is -0.480 e. The van der Waals surface area contributed by atoms with Crippen molar-refractivity contribution in [3.05, 3.63) is 12.4 Å². The molecule has 5 atom stereocenters. The summed E-state index contributed by atoms with van der Waals surface area (Å²) < 4.78 is 47.4. The highest BCUT2D eigenvalue weighted by Crippen LogP contribution is 2.56. The lowest BCUT2D eigenvalue weighted by Crippen LogP contribution is -2.39. The van der Waals surface area contributed by atoms with E-state index in [1.807, 2.05) is 0 Å². The first-order chi connectivity index (χ1) is 12.8. The lowest BCUT2D eigenvalue weighted by atomic mass is 10.1. The van der Waals surface area contributed by atoms with Crippen LogP contribution >= 0.6 is 7.82 Å². The Labute approximate surface area is 149 Å². The van der Waals surface area contributed by atoms with Gasteiger partial charge in [-0.25, -0.2) is 14.3 Å². The molecule has 2 aliphatic rings. The van der Waals surface area contributed by atoms with E-state index in [1.54, 1.807) is 0 Å². The van der Waals surface area contributed by atoms with Crippen molar-refractivity contribution in [1.82, 2.24) is 19.5 Å². The smallest absolute Gasteiger partial charge is 0.475 e. The number of aromatic nitrogens is 4. The van der Waals surface area contributed by atoms with E-state index in [0.29, 0.717) is 0 Å². The van der Waals surface area contributed by atoms with E-state index in [-0.39, 0.29) is 23.6 Å². The van der Waals surface area contributed by atoms with Crippen molar-refractivity contribution in [3.63, 3.8) is 0 Å². The van der Waals surface area contributed by atoms with Crippen LogP contribution in [0.2, 0.25) is 0 Å². The molecule has 2 aromatic heterocycles. The molecule has 27 heavy (non-hydrogen) atoms. The number of ether oxygens (including phenoxy) is 1. The van der Waals surface area contributed by atoms with Crippen molar-refractivity contribution in [2.45, 2.75) is 24.5 Å². The predicted octanol–water partition coefficient (Wildman–Crippen LogP) is -0.569. The fourth-order valence-electron chi connectivity index (χ4n) is 2.86. The average molecular weight is 405 g/mol. The van der Waals surface area contributed by atoms with E-state index in [2.05, 4.69) is 19.5 Å². The standard InChI is InChI=1S/C12H13FN5O8P/c13-12-16-9(14)6-10(17-12)18(3-15-6)11-7(21)8-4(25-11)1-23-27(22,26-8)24-2-5(19)20/h3-4,7-8,11,21H,1-2H2,(H,19,20)(H2,14,16,17)/t4-,7?,8?,11-,27?/m1/s1. The minimum atomic E-state index is -4.19. The number of carboxylic acids is 1. The van der Waals surface area contributed by atoms with Gasteiger partial charge in [0, 0.05) is 0 Å². The number of aliphatic hydroxyl groups is 1. The molecule has 0 saturated carbocycles. The van der Waals surface area contributed by atoms with Gasteiger partial charge in [0.05, 0.1) is 12.9 Å². The Bertz CT molecular complexity index is 955. The van der Waals surface area contributed by atoms with Crippen molar-refractivity contribution in [1.29, 1.82) is 0 Å². The molecule has 3 unspecified atom stereocenters. The average Bonchev–Trinajstić information content (AvgIpc) is 3.15. The van der Waals surface area contributed by atoms with Crippen LogP contribution < -0.4 is 5.73 Å². The number of carbonyl (C=O) groups is 1. The summed E-state index contributed by atoms with van der Waals surface area (Å²) in [5.74, 6) is -1.56. The fourth-order valence-corrected chi connectivity index (χ4v) is 4.21. The van der Waals surface area contributed by atoms with Gasteiger partial charge in [0.2, 0.25) is 0 Å². The molecule has 4 N–H and O–H groups in total. The summed E-state index contributed by atoms with van der Waals surface area (Å²) in [5, 5.41) is 19.2. The van der Waals surface area contributed by atoms with Crippen LogP contribution in [0.25, 0.3) is 11.2 Å². The highest BCUT2D eigenvalue weighted by molar-refractivity contribution is 7.48. The number of phosphoric acid groups is 1. The number of rotatable bonds is 4. The van der Waals surface area contributed by atoms with Crippen molar-refractivity contribution in [3.8, 4) is 0 Å². The molecule has 2 aromatic rings. The van der Waals surface area contributed by atoms with E-state index in [4.69, 9.17) is 24.6 Å². The van der Waals surface area contributed by atoms with Gasteiger partial charge in [-0.3, -0.25) is 18.1 Å². The van der Waals surface area contributed by atoms with Crippen LogP contribution in [-0.2, 0) is 27.7 Å². The predicted molar refractivity (Wildman–Crippen MR) is 81.6 cm³/mol. The number of hydrogen-bond donors (Lipinski definition) is 3. The lowest BCUT2D eigenvalue weighted by molar-refractivity contribution is -0.141. The highest BCUT2D eigenvalue weighted by atomic mass is 31.2. The maximum Gasteiger partial charge on any atom is 0.475 e. The third-order valence-electron chi connectivity index (χ3n) is 4.00. The van der Waals surface area contributed by atoms with Crippen molar-refractivity contribution < 1.29 is 42.3 Å². The molecule has 0 radical (unpaired) electrons. The number of imidazole rings is 1. The number of aliphatic hydroxyl groups excluding tert-OH is 1. The van der Waals surface area contributed by atoms with Crippen LogP contribution in [0.4, 0.5) is 10.2 Å². The summed E-state index contributed by atoms with van der Waals surface area (Å²) in [6, 6.07) is 0. The van der Waals surface area contributed by atoms with Crippen LogP contribution in [0.15, 0.2) is 6.33 Å². The molecule has 4 rings (SSSR count). The molecule has 0 amide bonds. The first kappa shape index (κ1) is 18.2. The molecule has 0 spiro atoms. The quantitative estimate of drug-likeness (QED) is 0.436. The molecule has 2 fully saturated rings. The van der Waals surface area contributed by atoms with Crippen molar-refractivity contribution in [2.24, 2.45) is 0 Å². The number of fused-ring (bicyclic) bond motifs is 2. The second-order valence-corrected chi connectivity index (χ2v) is 7.36. The number of hydrogen-bond acceptors (Lipinski definition) is 11. The zero-order chi connectivity index (χ0) is 19.3. The van der Waals surface area contributed by atoms with Gasteiger partial charge in [0.1, 0.15) is 18.3 Å². The monoisotopic (exact) mass is 405 g/mol. The number of nitrogens with two attached hydrogens (primary N) is 1. The summed E-state index contributed by atoms with van der Waals surface area (Å²) in [7, 11) is -4.19. The molecule has 0 bridgehead atoms. The number of nitrogen functional groups attached to an aromatic ring is 1. The first-order valence-electron chi connectivity index (χ1n) is 7.56. The normalized spacial score (nSPS) is 33.3. The molecule has 13 nitrogen and oxygen atoms in total. The summed E-state index contributed by atoms with van der Waals surface area (Å²) in [6.45, 7) is -1.19. The second kappa shape index (κ2) is 6.44. The maximum absolute atomic E-state index is 13.5. The summed E-state index contributed by atoms with van der Waals surface area (Å²) >= 11 is 0. The van der Waals surface area contributed by atoms with Gasteiger partial charge in [0.15, 0.2) is 29.8 Å². The number of phosphoric ester groups is 1. The Hall–Kier alpha value is -2.22. The summed E-state index contributed by atoms with van der Waals surface area (Å²) in [6.07, 6.45) is -4.38. The van der Waals surface area contributed by atoms with E-state index >= 15 is 0 Å². The largest absolute Gasteiger partial charge is 0.480 e. The summed E-state index contributed by atoms with van der Waals surface area (Å²) in [4.78, 5) is 21.5. The van der Waals surface area contributed by atoms with Crippen LogP contribution in [-0.4, -0.2) is 67.2 Å². The molecule has 2 aliphatic heterocycles. The number of carboxylic acid groups (broad SMARTS) is 1. The van der Waals surface area contributed by atoms with Crippen molar-refractivity contribution in [2.75, 3.05) is 18.9 Å². The van der Waals surface area contributed by atoms with Gasteiger partial charge < -0.3 is 20.7 Å². The molecule has 2 saturated heterocycles. The number of halogens is 1. The third kappa shape index (κ3) is 3.16. The molecule has 0 aliphatic carbocycles. The molecule has 146 valence electrons. The number of nitrogens with zero attached hydrogens (tertiary/aromatic N) is 4. The number of aliphatic carboxylic acids is 1. The van der Waals surface area contributed by atoms with Gasteiger partial charge >= 0.3 is 19.9 Å². The van der Waals surface area contributed by atoms with Gasteiger partial charge in [-0.05, 0) is 0 Å². The highest BCUT2D eigenvalue weighted by Gasteiger charge is 2.53. The Morgan fingerprint density at radius 3 is 3.04 bits per heavy atom. The molecular formula is C12H13FN5O8P. The number of anilines is 1. The second-order valence-electron chi connectivity index (χ2n) is 5.74. The Kier molecular flexibility index (Phi) is 4.33. The van der Waals surface area contributed by atoms with E-state index < -0.39 is 51.0 Å². The zero-order valence-electron chi connectivity index (χ0n) is 13.3. The van der Waals surface area contributed by atoms with Crippen LogP contribution in [0.3, 0.4) is 0 Å². The molecule has 15 heteroatoms. The molecular weight excluding hydrogens is 392 g/mol. The van der Waals surface area contributed by atoms with Gasteiger partial charge in [0.25, 0.3) is 0 Å². The maximum atomic E-state index is 13.5. The first-order valence-corrected chi connectivity index (χ1v) is 9.02. The van der Waals surface area contributed by atoms with Gasteiger partial charge in [-0.1, -0.05) is 0 Å². The Balaban J connectivity index is 1.60. The molecule has 0 aromatic carbocycles. The van der Waals surface area contributed by atoms with E-state index in [1.165, 1.54) is 10.9 Å². The van der Waals surface area contributed by atoms with E-state index in [0.717, 1.165) is 0 Å². The van der Waals surface area contributed by atoms with Crippen LogP contribution in [0.5, 0.6) is 0 Å². The Morgan fingerprint density at radius 1 is 1.52 bits per heavy atom. The van der Waals surface area contributed by atoms with Crippen LogP contribution in [0.1, 0.15) is 6.23 Å². The topological polar surface area (TPSA) is 181 Å². The SMILES string of the molecule is Nc1nc(F)nc2c1ncn2[C@@H]1O[C@@H]2COP(=O)(OCC(=O)O)OC2C1O. The lowest BCUT2D eigenvalue weighted by Gasteiger charge is -2.30. The molecule has 4 heterocycles. The Morgan fingerprint density at radius 2 is 2.30 bits per heavy atom. The minimum absolute atomic E-state index is 0.0195. The van der Waals surface area contributed by atoms with Crippen LogP contribution in [0, 0.1) is 6.08 Å². The van der Waals surface area contributed by atoms with Gasteiger partial charge in [-0.2, -0.15) is 14.4 Å². The van der Waals surface area contributed by atoms with Crippen molar-refractivity contribution >= 4 is 30.8 Å².